The van der Waals surface area contributed by atoms with Gasteiger partial charge in [0.15, 0.2) is 6.10 Å². The molecule has 1 heterocycles. The smallest absolute Gasteiger partial charge is 0.481 e. The van der Waals surface area contributed by atoms with Crippen molar-refractivity contribution in [1.29, 1.82) is 0 Å². The van der Waals surface area contributed by atoms with Crippen molar-refractivity contribution in [2.24, 2.45) is 5.41 Å². The van der Waals surface area contributed by atoms with Crippen LogP contribution in [0, 0.1) is 5.41 Å². The van der Waals surface area contributed by atoms with Crippen LogP contribution in [0.1, 0.15) is 34.1 Å². The SMILES string of the molecule is CC(C)OC(=O)OCOP1(=O)OCC(C)(C)[C@H](C(=O)NCCC(=O)O)O1. The van der Waals surface area contributed by atoms with Crippen molar-refractivity contribution in [3.8, 4) is 0 Å². The van der Waals surface area contributed by atoms with Crippen molar-refractivity contribution in [2.75, 3.05) is 19.9 Å². The molecule has 150 valence electrons. The van der Waals surface area contributed by atoms with Crippen molar-refractivity contribution in [1.82, 2.24) is 5.32 Å². The Labute approximate surface area is 150 Å². The minimum absolute atomic E-state index is 0.111. The lowest BCUT2D eigenvalue weighted by molar-refractivity contribution is -0.143. The fraction of sp³-hybridized carbons (Fsp3) is 0.786. The van der Waals surface area contributed by atoms with Gasteiger partial charge in [0.25, 0.3) is 0 Å². The summed E-state index contributed by atoms with van der Waals surface area (Å²) >= 11 is 0. The number of phosphoric acid groups is 1. The van der Waals surface area contributed by atoms with Crippen LogP contribution in [0.5, 0.6) is 0 Å². The van der Waals surface area contributed by atoms with Crippen molar-refractivity contribution < 1.29 is 47.1 Å². The zero-order chi connectivity index (χ0) is 20.0. The molecule has 11 nitrogen and oxygen atoms in total. The predicted octanol–water partition coefficient (Wildman–Crippen LogP) is 1.66. The van der Waals surface area contributed by atoms with Gasteiger partial charge in [0, 0.05) is 12.0 Å². The second-order valence-electron chi connectivity index (χ2n) is 6.44. The number of carbonyl (C=O) groups excluding carboxylic acids is 2. The van der Waals surface area contributed by atoms with Crippen LogP contribution in [-0.2, 0) is 37.2 Å². The summed E-state index contributed by atoms with van der Waals surface area (Å²) in [5.41, 5.74) is -0.845. The molecular weight excluding hydrogens is 373 g/mol. The molecule has 2 atom stereocenters. The van der Waals surface area contributed by atoms with E-state index in [1.54, 1.807) is 27.7 Å². The van der Waals surface area contributed by atoms with E-state index in [1.165, 1.54) is 0 Å². The van der Waals surface area contributed by atoms with Gasteiger partial charge in [0.2, 0.25) is 12.7 Å². The number of rotatable bonds is 8. The van der Waals surface area contributed by atoms with Gasteiger partial charge >= 0.3 is 19.9 Å². The topological polar surface area (TPSA) is 147 Å². The van der Waals surface area contributed by atoms with Gasteiger partial charge < -0.3 is 19.9 Å². The Bertz CT molecular complexity index is 576. The van der Waals surface area contributed by atoms with Gasteiger partial charge in [0.1, 0.15) is 0 Å². The van der Waals surface area contributed by atoms with E-state index in [1.807, 2.05) is 0 Å². The minimum atomic E-state index is -4.15. The van der Waals surface area contributed by atoms with Crippen LogP contribution in [0.2, 0.25) is 0 Å². The van der Waals surface area contributed by atoms with Gasteiger partial charge in [-0.2, -0.15) is 0 Å². The van der Waals surface area contributed by atoms with Gasteiger partial charge in [-0.05, 0) is 13.8 Å². The third kappa shape index (κ3) is 7.28. The van der Waals surface area contributed by atoms with Gasteiger partial charge in [0.05, 0.1) is 19.1 Å². The molecule has 0 spiro atoms. The van der Waals surface area contributed by atoms with E-state index >= 15 is 0 Å². The second kappa shape index (κ2) is 9.31. The number of phosphoric ester groups is 1. The summed E-state index contributed by atoms with van der Waals surface area (Å²) in [6, 6.07) is 0. The number of nitrogens with one attached hydrogen (secondary N) is 1. The summed E-state index contributed by atoms with van der Waals surface area (Å²) in [6.07, 6.45) is -2.90. The third-order valence-corrected chi connectivity index (χ3v) is 4.47. The average molecular weight is 397 g/mol. The predicted molar refractivity (Wildman–Crippen MR) is 86.1 cm³/mol. The maximum Gasteiger partial charge on any atom is 0.510 e. The molecule has 1 rings (SSSR count). The maximum absolute atomic E-state index is 12.4. The Kier molecular flexibility index (Phi) is 8.01. The molecule has 1 fully saturated rings. The molecule has 0 aromatic rings. The minimum Gasteiger partial charge on any atom is -0.481 e. The number of amides is 1. The van der Waals surface area contributed by atoms with E-state index < -0.39 is 50.3 Å². The first-order valence-electron chi connectivity index (χ1n) is 7.85. The summed E-state index contributed by atoms with van der Waals surface area (Å²) < 4.78 is 36.8. The fourth-order valence-electron chi connectivity index (χ4n) is 1.84. The first-order chi connectivity index (χ1) is 11.9. The zero-order valence-electron chi connectivity index (χ0n) is 15.1. The summed E-state index contributed by atoms with van der Waals surface area (Å²) in [6.45, 7) is 5.54. The van der Waals surface area contributed by atoms with E-state index in [2.05, 4.69) is 10.1 Å². The lowest BCUT2D eigenvalue weighted by Gasteiger charge is -2.39. The van der Waals surface area contributed by atoms with Gasteiger partial charge in [-0.3, -0.25) is 18.6 Å². The summed E-state index contributed by atoms with van der Waals surface area (Å²) in [5.74, 6) is -1.72. The van der Waals surface area contributed by atoms with Crippen LogP contribution in [0.15, 0.2) is 0 Å². The number of aliphatic carboxylic acids is 1. The molecule has 2 N–H and O–H groups in total. The molecule has 1 aliphatic heterocycles. The molecule has 1 saturated heterocycles. The maximum atomic E-state index is 12.4. The molecule has 12 heteroatoms. The molecule has 1 amide bonds. The zero-order valence-corrected chi connectivity index (χ0v) is 15.9. The van der Waals surface area contributed by atoms with Crippen LogP contribution in [0.4, 0.5) is 4.79 Å². The number of ether oxygens (including phenoxy) is 2. The normalized spacial score (nSPS) is 24.7. The molecule has 0 aliphatic carbocycles. The molecule has 26 heavy (non-hydrogen) atoms. The molecule has 0 aromatic carbocycles. The van der Waals surface area contributed by atoms with Gasteiger partial charge in [-0.25, -0.2) is 13.9 Å². The van der Waals surface area contributed by atoms with Crippen LogP contribution in [0.3, 0.4) is 0 Å². The van der Waals surface area contributed by atoms with Crippen molar-refractivity contribution >= 4 is 25.9 Å². The molecule has 0 saturated carbocycles. The molecular formula is C14H24NO10P. The number of hydrogen-bond acceptors (Lipinski definition) is 9. The molecule has 1 aliphatic rings. The first kappa shape index (κ1) is 22.4. The number of carboxylic acids is 1. The highest BCUT2D eigenvalue weighted by molar-refractivity contribution is 7.48. The quantitative estimate of drug-likeness (QED) is 0.352. The highest BCUT2D eigenvalue weighted by Crippen LogP contribution is 2.57. The Morgan fingerprint density at radius 2 is 2.00 bits per heavy atom. The number of hydrogen-bond donors (Lipinski definition) is 2. The lowest BCUT2D eigenvalue weighted by atomic mass is 9.87. The van der Waals surface area contributed by atoms with Crippen LogP contribution in [-0.4, -0.2) is 55.3 Å². The van der Waals surface area contributed by atoms with E-state index in [0.717, 1.165) is 0 Å². The Hall–Kier alpha value is -1.68. The van der Waals surface area contributed by atoms with Crippen LogP contribution < -0.4 is 5.32 Å². The number of carbonyl (C=O) groups is 3. The highest BCUT2D eigenvalue weighted by Gasteiger charge is 2.49. The van der Waals surface area contributed by atoms with Gasteiger partial charge in [-0.1, -0.05) is 13.8 Å². The van der Waals surface area contributed by atoms with E-state index in [0.29, 0.717) is 0 Å². The summed E-state index contributed by atoms with van der Waals surface area (Å²) in [5, 5.41) is 11.0. The molecule has 0 radical (unpaired) electrons. The first-order valence-corrected chi connectivity index (χ1v) is 9.32. The highest BCUT2D eigenvalue weighted by atomic mass is 31.2. The molecule has 0 aromatic heterocycles. The summed E-state index contributed by atoms with van der Waals surface area (Å²) in [7, 11) is -4.15. The summed E-state index contributed by atoms with van der Waals surface area (Å²) in [4.78, 5) is 34.0. The molecule has 1 unspecified atom stereocenters. The average Bonchev–Trinajstić information content (AvgIpc) is 2.49. The Balaban J connectivity index is 2.60. The van der Waals surface area contributed by atoms with E-state index in [4.69, 9.17) is 23.4 Å². The number of carboxylic acid groups (broad SMARTS) is 1. The Morgan fingerprint density at radius 3 is 2.58 bits per heavy atom. The monoisotopic (exact) mass is 397 g/mol. The van der Waals surface area contributed by atoms with E-state index in [9.17, 15) is 18.9 Å². The third-order valence-electron chi connectivity index (χ3n) is 3.13. The largest absolute Gasteiger partial charge is 0.510 e. The van der Waals surface area contributed by atoms with Gasteiger partial charge in [-0.15, -0.1) is 0 Å². The van der Waals surface area contributed by atoms with Crippen molar-refractivity contribution in [3.63, 3.8) is 0 Å². The lowest BCUT2D eigenvalue weighted by Crippen LogP contribution is -2.50. The fourth-order valence-corrected chi connectivity index (χ4v) is 3.35. The van der Waals surface area contributed by atoms with E-state index in [-0.39, 0.29) is 19.6 Å². The van der Waals surface area contributed by atoms with Crippen LogP contribution >= 0.6 is 7.82 Å². The standard InChI is InChI=1S/C14H24NO10P/c1-9(2)24-13(19)21-8-23-26(20)22-7-14(3,4)11(25-26)12(18)15-6-5-10(16)17/h9,11H,5-8H2,1-4H3,(H,15,18)(H,16,17)/t11-,26?/m0/s1. The second-order valence-corrected chi connectivity index (χ2v) is 8.06. The van der Waals surface area contributed by atoms with Crippen molar-refractivity contribution in [3.05, 3.63) is 0 Å². The van der Waals surface area contributed by atoms with Crippen LogP contribution in [0.25, 0.3) is 0 Å². The molecule has 0 bridgehead atoms. The Morgan fingerprint density at radius 1 is 1.35 bits per heavy atom. The van der Waals surface area contributed by atoms with Crippen molar-refractivity contribution in [2.45, 2.75) is 46.3 Å².